The fraction of sp³-hybridized carbons (Fsp3) is 0.238. The van der Waals surface area contributed by atoms with Crippen LogP contribution in [-0.4, -0.2) is 33.2 Å². The van der Waals surface area contributed by atoms with Crippen molar-refractivity contribution in [1.82, 2.24) is 20.5 Å². The Hall–Kier alpha value is -3.48. The number of aryl methyl sites for hydroxylation is 1. The molecule has 0 bridgehead atoms. The molecule has 0 aliphatic carbocycles. The number of hydrogen-bond acceptors (Lipinski definition) is 5. The molecule has 0 spiro atoms. The van der Waals surface area contributed by atoms with Gasteiger partial charge in [0.15, 0.2) is 11.9 Å². The number of H-pyrrole nitrogens is 1. The Bertz CT molecular complexity index is 969. The average molecular weight is 378 g/mol. The monoisotopic (exact) mass is 378 g/mol. The van der Waals surface area contributed by atoms with E-state index in [1.165, 1.54) is 0 Å². The number of amides is 1. The van der Waals surface area contributed by atoms with Crippen LogP contribution >= 0.6 is 0 Å². The van der Waals surface area contributed by atoms with Crippen molar-refractivity contribution in [3.63, 3.8) is 0 Å². The Morgan fingerprint density at radius 3 is 2.50 bits per heavy atom. The van der Waals surface area contributed by atoms with Gasteiger partial charge in [0.1, 0.15) is 5.82 Å². The summed E-state index contributed by atoms with van der Waals surface area (Å²) in [5.41, 5.74) is 1.99. The van der Waals surface area contributed by atoms with Crippen molar-refractivity contribution in [2.75, 3.05) is 0 Å². The molecule has 7 heteroatoms. The van der Waals surface area contributed by atoms with Gasteiger partial charge in [-0.2, -0.15) is 5.10 Å². The highest BCUT2D eigenvalue weighted by Crippen LogP contribution is 2.17. The first-order chi connectivity index (χ1) is 13.4. The molecule has 1 aromatic heterocycles. The summed E-state index contributed by atoms with van der Waals surface area (Å²) >= 11 is 0. The molecule has 1 heterocycles. The molecule has 0 fully saturated rings. The molecule has 0 aliphatic heterocycles. The summed E-state index contributed by atoms with van der Waals surface area (Å²) in [5, 5.41) is 9.70. The summed E-state index contributed by atoms with van der Waals surface area (Å²) in [6.07, 6.45) is -0.923. The predicted octanol–water partition coefficient (Wildman–Crippen LogP) is 3.20. The quantitative estimate of drug-likeness (QED) is 0.642. The first-order valence-electron chi connectivity index (χ1n) is 9.00. The van der Waals surface area contributed by atoms with Crippen molar-refractivity contribution in [3.8, 4) is 11.4 Å². The van der Waals surface area contributed by atoms with Crippen LogP contribution in [0.5, 0.6) is 0 Å². The predicted molar refractivity (Wildman–Crippen MR) is 104 cm³/mol. The average Bonchev–Trinajstić information content (AvgIpc) is 3.15. The van der Waals surface area contributed by atoms with Crippen molar-refractivity contribution >= 4 is 11.9 Å². The summed E-state index contributed by atoms with van der Waals surface area (Å²) in [4.78, 5) is 29.1. The van der Waals surface area contributed by atoms with Crippen LogP contribution in [0.3, 0.4) is 0 Å². The molecule has 2 N–H and O–H groups in total. The lowest BCUT2D eigenvalue weighted by Gasteiger charge is -2.18. The highest BCUT2D eigenvalue weighted by atomic mass is 16.5. The molecule has 0 unspecified atom stereocenters. The maximum atomic E-state index is 12.5. The Morgan fingerprint density at radius 1 is 1.07 bits per heavy atom. The Morgan fingerprint density at radius 2 is 1.82 bits per heavy atom. The maximum Gasteiger partial charge on any atom is 0.338 e. The van der Waals surface area contributed by atoms with E-state index in [-0.39, 0.29) is 11.9 Å². The van der Waals surface area contributed by atoms with Crippen LogP contribution in [0.4, 0.5) is 0 Å². The van der Waals surface area contributed by atoms with Crippen molar-refractivity contribution in [2.45, 2.75) is 32.9 Å². The number of nitrogens with one attached hydrogen (secondary N) is 2. The molecule has 0 saturated carbocycles. The topological polar surface area (TPSA) is 97.0 Å². The second kappa shape index (κ2) is 8.47. The minimum absolute atomic E-state index is 0.188. The Balaban J connectivity index is 1.63. The third kappa shape index (κ3) is 4.62. The van der Waals surface area contributed by atoms with Gasteiger partial charge < -0.3 is 10.1 Å². The zero-order chi connectivity index (χ0) is 20.1. The van der Waals surface area contributed by atoms with E-state index in [0.717, 1.165) is 5.56 Å². The van der Waals surface area contributed by atoms with Crippen LogP contribution in [0.2, 0.25) is 0 Å². The van der Waals surface area contributed by atoms with E-state index < -0.39 is 12.1 Å². The van der Waals surface area contributed by atoms with Gasteiger partial charge in [0, 0.05) is 5.56 Å². The van der Waals surface area contributed by atoms with Gasteiger partial charge in [0.05, 0.1) is 11.6 Å². The molecule has 0 aliphatic rings. The Kier molecular flexibility index (Phi) is 5.84. The minimum atomic E-state index is -0.923. The lowest BCUT2D eigenvalue weighted by atomic mass is 10.1. The van der Waals surface area contributed by atoms with Crippen molar-refractivity contribution < 1.29 is 14.3 Å². The summed E-state index contributed by atoms with van der Waals surface area (Å²) in [7, 11) is 0. The van der Waals surface area contributed by atoms with E-state index >= 15 is 0 Å². The smallest absolute Gasteiger partial charge is 0.338 e. The highest BCUT2D eigenvalue weighted by Gasteiger charge is 2.21. The Labute approximate surface area is 163 Å². The molecule has 2 atom stereocenters. The number of carbonyl (C=O) groups excluding carboxylic acids is 2. The first-order valence-corrected chi connectivity index (χ1v) is 9.00. The molecule has 0 radical (unpaired) electrons. The van der Waals surface area contributed by atoms with Crippen LogP contribution in [0.25, 0.3) is 11.4 Å². The summed E-state index contributed by atoms with van der Waals surface area (Å²) in [5.74, 6) is 0.241. The molecule has 0 saturated heterocycles. The second-order valence-electron chi connectivity index (χ2n) is 6.51. The molecular weight excluding hydrogens is 356 g/mol. The van der Waals surface area contributed by atoms with Gasteiger partial charge in [0.25, 0.3) is 5.91 Å². The van der Waals surface area contributed by atoms with E-state index in [9.17, 15) is 9.59 Å². The van der Waals surface area contributed by atoms with Gasteiger partial charge in [-0.25, -0.2) is 9.78 Å². The highest BCUT2D eigenvalue weighted by molar-refractivity contribution is 5.93. The number of carbonyl (C=O) groups is 2. The van der Waals surface area contributed by atoms with Crippen molar-refractivity contribution in [3.05, 3.63) is 71.5 Å². The lowest BCUT2D eigenvalue weighted by molar-refractivity contribution is -0.129. The van der Waals surface area contributed by atoms with E-state index in [1.807, 2.05) is 37.3 Å². The van der Waals surface area contributed by atoms with Gasteiger partial charge in [-0.3, -0.25) is 9.89 Å². The van der Waals surface area contributed by atoms with Crippen LogP contribution < -0.4 is 5.32 Å². The molecule has 28 heavy (non-hydrogen) atoms. The van der Waals surface area contributed by atoms with E-state index in [2.05, 4.69) is 20.5 Å². The van der Waals surface area contributed by atoms with Crippen LogP contribution in [0.1, 0.15) is 41.6 Å². The van der Waals surface area contributed by atoms with Crippen LogP contribution in [-0.2, 0) is 9.53 Å². The number of ether oxygens (including phenoxy) is 1. The number of hydrogen-bond donors (Lipinski definition) is 2. The minimum Gasteiger partial charge on any atom is -0.449 e. The number of rotatable bonds is 6. The SMILES string of the molecule is Cc1nc(-c2cccc(C(=O)O[C@H](C)C(=O)N[C@H](C)c3ccccc3)c2)n[nH]1. The fourth-order valence-electron chi connectivity index (χ4n) is 2.69. The number of aromatic nitrogens is 3. The lowest BCUT2D eigenvalue weighted by Crippen LogP contribution is -2.37. The van der Waals surface area contributed by atoms with Crippen LogP contribution in [0.15, 0.2) is 54.6 Å². The number of aromatic amines is 1. The van der Waals surface area contributed by atoms with Crippen molar-refractivity contribution in [1.29, 1.82) is 0 Å². The largest absolute Gasteiger partial charge is 0.449 e. The number of nitrogens with zero attached hydrogens (tertiary/aromatic N) is 2. The van der Waals surface area contributed by atoms with Gasteiger partial charge >= 0.3 is 5.97 Å². The van der Waals surface area contributed by atoms with Crippen molar-refractivity contribution in [2.24, 2.45) is 0 Å². The van der Waals surface area contributed by atoms with Gasteiger partial charge in [-0.05, 0) is 38.5 Å². The van der Waals surface area contributed by atoms with Gasteiger partial charge in [-0.15, -0.1) is 0 Å². The molecule has 1 amide bonds. The molecule has 7 nitrogen and oxygen atoms in total. The number of esters is 1. The zero-order valence-corrected chi connectivity index (χ0v) is 16.0. The molecule has 3 aromatic rings. The summed E-state index contributed by atoms with van der Waals surface area (Å²) < 4.78 is 5.33. The third-order valence-electron chi connectivity index (χ3n) is 4.27. The fourth-order valence-corrected chi connectivity index (χ4v) is 2.69. The maximum absolute atomic E-state index is 12.5. The molecular formula is C21H22N4O3. The zero-order valence-electron chi connectivity index (χ0n) is 16.0. The van der Waals surface area contributed by atoms with Gasteiger partial charge in [-0.1, -0.05) is 42.5 Å². The second-order valence-corrected chi connectivity index (χ2v) is 6.51. The summed E-state index contributed by atoms with van der Waals surface area (Å²) in [6, 6.07) is 16.2. The number of benzene rings is 2. The normalized spacial score (nSPS) is 12.8. The van der Waals surface area contributed by atoms with Crippen LogP contribution in [0, 0.1) is 6.92 Å². The molecule has 3 rings (SSSR count). The first kappa shape index (κ1) is 19.3. The molecule has 2 aromatic carbocycles. The van der Waals surface area contributed by atoms with E-state index in [0.29, 0.717) is 22.8 Å². The summed E-state index contributed by atoms with van der Waals surface area (Å²) in [6.45, 7) is 5.23. The van der Waals surface area contributed by atoms with E-state index in [4.69, 9.17) is 4.74 Å². The van der Waals surface area contributed by atoms with Gasteiger partial charge in [0.2, 0.25) is 0 Å². The third-order valence-corrected chi connectivity index (χ3v) is 4.27. The van der Waals surface area contributed by atoms with E-state index in [1.54, 1.807) is 38.1 Å². The standard InChI is InChI=1S/C21H22N4O3/c1-13(16-8-5-4-6-9-16)22-20(26)14(2)28-21(27)18-11-7-10-17(12-18)19-23-15(3)24-25-19/h4-14H,1-3H3,(H,22,26)(H,23,24,25)/t13-,14-/m1/s1. The molecule has 144 valence electrons.